The predicted octanol–water partition coefficient (Wildman–Crippen LogP) is 6.04. The summed E-state index contributed by atoms with van der Waals surface area (Å²) < 4.78 is 0. The van der Waals surface area contributed by atoms with Gasteiger partial charge in [-0.3, -0.25) is 9.69 Å². The zero-order valence-electron chi connectivity index (χ0n) is 17.2. The largest absolute Gasteiger partial charge is 0.397 e. The SMILES string of the molecule is N#Cc1c(N)nc2sc(C(=O)N(c3ccccc3)c3ccccc3)c(N)c2c1-c1ccsc1. The lowest BCUT2D eigenvalue weighted by Crippen LogP contribution is -2.25. The number of rotatable bonds is 4. The minimum Gasteiger partial charge on any atom is -0.397 e. The van der Waals surface area contributed by atoms with Crippen molar-refractivity contribution in [2.45, 2.75) is 0 Å². The Balaban J connectivity index is 1.75. The van der Waals surface area contributed by atoms with Crippen LogP contribution in [0.1, 0.15) is 15.2 Å². The molecule has 0 aliphatic heterocycles. The molecule has 3 heterocycles. The Labute approximate surface area is 198 Å². The highest BCUT2D eigenvalue weighted by Gasteiger charge is 2.28. The van der Waals surface area contributed by atoms with Gasteiger partial charge in [-0.2, -0.15) is 16.6 Å². The molecule has 3 aromatic heterocycles. The molecule has 0 bridgehead atoms. The predicted molar refractivity (Wildman–Crippen MR) is 136 cm³/mol. The lowest BCUT2D eigenvalue weighted by Gasteiger charge is -2.22. The molecule has 5 aromatic rings. The number of hydrogen-bond acceptors (Lipinski definition) is 7. The van der Waals surface area contributed by atoms with Gasteiger partial charge in [0.25, 0.3) is 5.91 Å². The summed E-state index contributed by atoms with van der Waals surface area (Å²) >= 11 is 2.68. The van der Waals surface area contributed by atoms with Gasteiger partial charge in [-0.05, 0) is 46.7 Å². The highest BCUT2D eigenvalue weighted by molar-refractivity contribution is 7.21. The third kappa shape index (κ3) is 3.49. The number of fused-ring (bicyclic) bond motifs is 1. The highest BCUT2D eigenvalue weighted by atomic mass is 32.1. The number of para-hydroxylation sites is 2. The third-order valence-corrected chi connectivity index (χ3v) is 7.02. The Hall–Kier alpha value is -4.19. The van der Waals surface area contributed by atoms with Crippen molar-refractivity contribution < 1.29 is 4.79 Å². The topological polar surface area (TPSA) is 109 Å². The standard InChI is InChI=1S/C25H17N5OS2/c26-13-18-19(15-11-12-32-14-15)20-21(27)22(33-24(20)29-23(18)28)25(31)30(16-7-3-1-4-8-16)17-9-5-2-6-10-17/h1-12,14H,27H2,(H2,28,29). The Kier molecular flexibility index (Phi) is 5.26. The molecule has 1 amide bonds. The zero-order chi connectivity index (χ0) is 22.9. The second-order valence-corrected chi connectivity index (χ2v) is 8.99. The molecular weight excluding hydrogens is 450 g/mol. The van der Waals surface area contributed by atoms with Crippen LogP contribution in [-0.4, -0.2) is 10.9 Å². The lowest BCUT2D eigenvalue weighted by atomic mass is 9.99. The van der Waals surface area contributed by atoms with E-state index in [4.69, 9.17) is 11.5 Å². The number of benzene rings is 2. The fraction of sp³-hybridized carbons (Fsp3) is 0. The van der Waals surface area contributed by atoms with Gasteiger partial charge >= 0.3 is 0 Å². The number of nitriles is 1. The molecule has 0 aliphatic carbocycles. The second-order valence-electron chi connectivity index (χ2n) is 7.21. The van der Waals surface area contributed by atoms with E-state index < -0.39 is 0 Å². The first-order valence-corrected chi connectivity index (χ1v) is 11.7. The average molecular weight is 468 g/mol. The van der Waals surface area contributed by atoms with E-state index in [2.05, 4.69) is 11.1 Å². The van der Waals surface area contributed by atoms with Crippen LogP contribution in [0.4, 0.5) is 22.9 Å². The van der Waals surface area contributed by atoms with Crippen LogP contribution in [-0.2, 0) is 0 Å². The number of aromatic nitrogens is 1. The number of anilines is 4. The summed E-state index contributed by atoms with van der Waals surface area (Å²) in [5.41, 5.74) is 16.1. The van der Waals surface area contributed by atoms with Crippen molar-refractivity contribution in [3.05, 3.63) is 87.9 Å². The molecule has 5 rings (SSSR count). The first-order chi connectivity index (χ1) is 16.1. The van der Waals surface area contributed by atoms with Gasteiger partial charge in [0.2, 0.25) is 0 Å². The number of amides is 1. The lowest BCUT2D eigenvalue weighted by molar-refractivity contribution is 0.100. The van der Waals surface area contributed by atoms with Crippen molar-refractivity contribution in [3.8, 4) is 17.2 Å². The van der Waals surface area contributed by atoms with E-state index in [0.29, 0.717) is 37.7 Å². The molecule has 0 saturated heterocycles. The van der Waals surface area contributed by atoms with E-state index in [1.165, 1.54) is 22.7 Å². The Bertz CT molecular complexity index is 1460. The smallest absolute Gasteiger partial charge is 0.275 e. The molecule has 2 aromatic carbocycles. The van der Waals surface area contributed by atoms with Crippen molar-refractivity contribution in [3.63, 3.8) is 0 Å². The molecule has 0 saturated carbocycles. The summed E-state index contributed by atoms with van der Waals surface area (Å²) in [5.74, 6) is -0.157. The van der Waals surface area contributed by atoms with Gasteiger partial charge in [0.15, 0.2) is 0 Å². The number of nitrogen functional groups attached to an aromatic ring is 2. The van der Waals surface area contributed by atoms with E-state index in [-0.39, 0.29) is 17.3 Å². The highest BCUT2D eigenvalue weighted by Crippen LogP contribution is 2.44. The van der Waals surface area contributed by atoms with Gasteiger partial charge < -0.3 is 11.5 Å². The molecule has 0 aliphatic rings. The first kappa shape index (κ1) is 20.7. The number of hydrogen-bond donors (Lipinski definition) is 2. The van der Waals surface area contributed by atoms with Crippen molar-refractivity contribution in [2.24, 2.45) is 0 Å². The number of nitrogens with zero attached hydrogens (tertiary/aromatic N) is 3. The maximum absolute atomic E-state index is 13.9. The Morgan fingerprint density at radius 3 is 2.15 bits per heavy atom. The van der Waals surface area contributed by atoms with Gasteiger partial charge in [0.05, 0.1) is 5.69 Å². The molecule has 160 valence electrons. The Morgan fingerprint density at radius 1 is 0.970 bits per heavy atom. The molecule has 33 heavy (non-hydrogen) atoms. The van der Waals surface area contributed by atoms with Crippen LogP contribution in [0.3, 0.4) is 0 Å². The average Bonchev–Trinajstić information content (AvgIpc) is 3.48. The molecule has 4 N–H and O–H groups in total. The maximum atomic E-state index is 13.9. The van der Waals surface area contributed by atoms with Crippen LogP contribution in [0, 0.1) is 11.3 Å². The first-order valence-electron chi connectivity index (χ1n) is 9.98. The van der Waals surface area contributed by atoms with Crippen LogP contribution >= 0.6 is 22.7 Å². The van der Waals surface area contributed by atoms with E-state index in [0.717, 1.165) is 5.56 Å². The molecule has 8 heteroatoms. The number of thiophene rings is 2. The van der Waals surface area contributed by atoms with Gasteiger partial charge in [-0.15, -0.1) is 11.3 Å². The Morgan fingerprint density at radius 2 is 1.61 bits per heavy atom. The zero-order valence-corrected chi connectivity index (χ0v) is 18.9. The summed E-state index contributed by atoms with van der Waals surface area (Å²) in [6.45, 7) is 0. The van der Waals surface area contributed by atoms with Crippen molar-refractivity contribution in [1.29, 1.82) is 5.26 Å². The molecule has 0 radical (unpaired) electrons. The summed E-state index contributed by atoms with van der Waals surface area (Å²) in [5, 5.41) is 14.2. The molecule has 0 unspecified atom stereocenters. The molecule has 0 atom stereocenters. The monoisotopic (exact) mass is 467 g/mol. The molecular formula is C25H17N5OS2. The summed E-state index contributed by atoms with van der Waals surface area (Å²) in [4.78, 5) is 20.8. The number of carbonyl (C=O) groups is 1. The van der Waals surface area contributed by atoms with Crippen LogP contribution in [0.2, 0.25) is 0 Å². The fourth-order valence-corrected chi connectivity index (χ4v) is 5.47. The van der Waals surface area contributed by atoms with Crippen LogP contribution in [0.15, 0.2) is 77.5 Å². The van der Waals surface area contributed by atoms with Gasteiger partial charge in [-0.25, -0.2) is 4.98 Å². The van der Waals surface area contributed by atoms with Gasteiger partial charge in [0.1, 0.15) is 27.2 Å². The third-order valence-electron chi connectivity index (χ3n) is 5.25. The van der Waals surface area contributed by atoms with E-state index in [1.54, 1.807) is 4.90 Å². The van der Waals surface area contributed by atoms with Gasteiger partial charge in [0, 0.05) is 22.3 Å². The molecule has 6 nitrogen and oxygen atoms in total. The normalized spacial score (nSPS) is 10.8. The minimum atomic E-state index is -0.277. The van der Waals surface area contributed by atoms with Crippen LogP contribution in [0.25, 0.3) is 21.3 Å². The van der Waals surface area contributed by atoms with Crippen molar-refractivity contribution >= 4 is 61.7 Å². The van der Waals surface area contributed by atoms with E-state index in [1.807, 2.05) is 77.5 Å². The van der Waals surface area contributed by atoms with Crippen molar-refractivity contribution in [1.82, 2.24) is 4.98 Å². The number of pyridine rings is 1. The number of carbonyl (C=O) groups excluding carboxylic acids is 1. The van der Waals surface area contributed by atoms with Crippen LogP contribution < -0.4 is 16.4 Å². The second kappa shape index (κ2) is 8.39. The maximum Gasteiger partial charge on any atom is 0.275 e. The fourth-order valence-electron chi connectivity index (χ4n) is 3.78. The molecule has 0 fully saturated rings. The van der Waals surface area contributed by atoms with E-state index in [9.17, 15) is 10.1 Å². The summed E-state index contributed by atoms with van der Waals surface area (Å²) in [7, 11) is 0. The quantitative estimate of drug-likeness (QED) is 0.335. The van der Waals surface area contributed by atoms with Gasteiger partial charge in [-0.1, -0.05) is 36.4 Å². The summed E-state index contributed by atoms with van der Waals surface area (Å²) in [6.07, 6.45) is 0. The minimum absolute atomic E-state index is 0.120. The summed E-state index contributed by atoms with van der Waals surface area (Å²) in [6, 6.07) is 22.8. The van der Waals surface area contributed by atoms with E-state index >= 15 is 0 Å². The number of nitrogens with two attached hydrogens (primary N) is 2. The van der Waals surface area contributed by atoms with Crippen molar-refractivity contribution in [2.75, 3.05) is 16.4 Å². The molecule has 0 spiro atoms. The van der Waals surface area contributed by atoms with Crippen LogP contribution in [0.5, 0.6) is 0 Å².